The smallest absolute Gasteiger partial charge is 0.407 e. The Balaban J connectivity index is 1.19. The van der Waals surface area contributed by atoms with Gasteiger partial charge in [-0.05, 0) is 47.9 Å². The van der Waals surface area contributed by atoms with Crippen molar-refractivity contribution < 1.29 is 14.3 Å². The van der Waals surface area contributed by atoms with E-state index in [0.717, 1.165) is 54.6 Å². The average molecular weight is 487 g/mol. The van der Waals surface area contributed by atoms with Crippen LogP contribution in [-0.2, 0) is 22.6 Å². The van der Waals surface area contributed by atoms with Crippen molar-refractivity contribution in [1.82, 2.24) is 20.2 Å². The number of para-hydroxylation sites is 2. The molecule has 33 heavy (non-hydrogen) atoms. The summed E-state index contributed by atoms with van der Waals surface area (Å²) in [4.78, 5) is 22.5. The summed E-state index contributed by atoms with van der Waals surface area (Å²) in [6, 6.07) is 16.3. The maximum atomic E-state index is 12.3. The molecule has 2 heterocycles. The summed E-state index contributed by atoms with van der Waals surface area (Å²) in [7, 11) is 3.18. The van der Waals surface area contributed by atoms with Crippen molar-refractivity contribution in [2.75, 3.05) is 32.9 Å². The third kappa shape index (κ3) is 7.40. The van der Waals surface area contributed by atoms with E-state index < -0.39 is 6.09 Å². The normalized spacial score (nSPS) is 15.0. The molecule has 176 valence electrons. The Labute approximate surface area is 202 Å². The zero-order valence-electron chi connectivity index (χ0n) is 19.0. The first-order chi connectivity index (χ1) is 16.0. The molecule has 0 unspecified atom stereocenters. The predicted molar refractivity (Wildman–Crippen MR) is 134 cm³/mol. The summed E-state index contributed by atoms with van der Waals surface area (Å²) in [5.74, 6) is 0. The van der Waals surface area contributed by atoms with Gasteiger partial charge in [-0.25, -0.2) is 9.78 Å². The molecule has 0 aliphatic carbocycles. The van der Waals surface area contributed by atoms with Crippen LogP contribution < -0.4 is 5.32 Å². The molecule has 4 rings (SSSR count). The van der Waals surface area contributed by atoms with Gasteiger partial charge < -0.3 is 19.8 Å². The first kappa shape index (κ1) is 23.9. The lowest BCUT2D eigenvalue weighted by Gasteiger charge is -2.26. The van der Waals surface area contributed by atoms with E-state index in [1.54, 1.807) is 21.6 Å². The fraction of sp³-hybridized carbons (Fsp3) is 0.417. The van der Waals surface area contributed by atoms with Crippen molar-refractivity contribution in [2.24, 2.45) is 0 Å². The number of hydrogen-bond donors (Lipinski definition) is 2. The van der Waals surface area contributed by atoms with Gasteiger partial charge in [0.05, 0.1) is 29.0 Å². The summed E-state index contributed by atoms with van der Waals surface area (Å²) < 4.78 is 10.6. The SMILES string of the molecule is CC(C)(COC(=O)NCc1cccc(CN2CCOCC2)c1)SSc1nc2ccccc2[nH]1. The number of amides is 1. The molecule has 0 spiro atoms. The van der Waals surface area contributed by atoms with Crippen LogP contribution in [0.2, 0.25) is 0 Å². The van der Waals surface area contributed by atoms with Crippen LogP contribution in [0.5, 0.6) is 0 Å². The number of fused-ring (bicyclic) bond motifs is 1. The molecule has 1 saturated heterocycles. The second-order valence-corrected chi connectivity index (χ2v) is 11.4. The number of benzene rings is 2. The molecule has 9 heteroatoms. The largest absolute Gasteiger partial charge is 0.448 e. The number of carbonyl (C=O) groups excluding carboxylic acids is 1. The molecule has 0 radical (unpaired) electrons. The molecule has 1 aliphatic heterocycles. The van der Waals surface area contributed by atoms with Crippen molar-refractivity contribution in [3.05, 3.63) is 59.7 Å². The minimum absolute atomic E-state index is 0.265. The second-order valence-electron chi connectivity index (χ2n) is 8.62. The number of imidazole rings is 1. The van der Waals surface area contributed by atoms with Crippen LogP contribution in [0, 0.1) is 0 Å². The average Bonchev–Trinajstić information content (AvgIpc) is 3.25. The van der Waals surface area contributed by atoms with Crippen molar-refractivity contribution in [3.63, 3.8) is 0 Å². The Morgan fingerprint density at radius 3 is 2.79 bits per heavy atom. The molecule has 3 aromatic rings. The van der Waals surface area contributed by atoms with Gasteiger partial charge in [0.15, 0.2) is 5.16 Å². The zero-order chi connectivity index (χ0) is 23.1. The van der Waals surface area contributed by atoms with Crippen LogP contribution in [0.15, 0.2) is 53.7 Å². The Kier molecular flexibility index (Phi) is 8.19. The summed E-state index contributed by atoms with van der Waals surface area (Å²) in [5, 5.41) is 3.71. The Morgan fingerprint density at radius 2 is 1.97 bits per heavy atom. The highest BCUT2D eigenvalue weighted by atomic mass is 33.1. The van der Waals surface area contributed by atoms with E-state index in [4.69, 9.17) is 9.47 Å². The number of nitrogens with zero attached hydrogens (tertiary/aromatic N) is 2. The van der Waals surface area contributed by atoms with Gasteiger partial charge in [-0.15, -0.1) is 0 Å². The topological polar surface area (TPSA) is 79.5 Å². The van der Waals surface area contributed by atoms with E-state index in [-0.39, 0.29) is 4.75 Å². The lowest BCUT2D eigenvalue weighted by molar-refractivity contribution is 0.0342. The van der Waals surface area contributed by atoms with Crippen LogP contribution in [0.4, 0.5) is 4.79 Å². The van der Waals surface area contributed by atoms with Crippen LogP contribution in [0.25, 0.3) is 11.0 Å². The molecular weight excluding hydrogens is 456 g/mol. The number of rotatable bonds is 9. The lowest BCUT2D eigenvalue weighted by atomic mass is 10.1. The molecule has 0 atom stereocenters. The highest BCUT2D eigenvalue weighted by Crippen LogP contribution is 2.40. The minimum atomic E-state index is -0.406. The molecule has 0 bridgehead atoms. The fourth-order valence-electron chi connectivity index (χ4n) is 3.47. The lowest BCUT2D eigenvalue weighted by Crippen LogP contribution is -2.35. The van der Waals surface area contributed by atoms with Crippen LogP contribution in [0.3, 0.4) is 0 Å². The van der Waals surface area contributed by atoms with Gasteiger partial charge >= 0.3 is 6.09 Å². The first-order valence-corrected chi connectivity index (χ1v) is 13.2. The number of hydrogen-bond acceptors (Lipinski definition) is 7. The molecule has 2 aromatic carbocycles. The summed E-state index contributed by atoms with van der Waals surface area (Å²) in [5.41, 5.74) is 4.27. The number of carbonyl (C=O) groups is 1. The molecule has 0 saturated carbocycles. The Hall–Kier alpha value is -2.20. The highest BCUT2D eigenvalue weighted by molar-refractivity contribution is 8.77. The van der Waals surface area contributed by atoms with Crippen molar-refractivity contribution in [1.29, 1.82) is 0 Å². The first-order valence-electron chi connectivity index (χ1n) is 11.1. The monoisotopic (exact) mass is 486 g/mol. The molecule has 1 amide bonds. The van der Waals surface area contributed by atoms with E-state index in [1.165, 1.54) is 5.56 Å². The highest BCUT2D eigenvalue weighted by Gasteiger charge is 2.23. The quantitative estimate of drug-likeness (QED) is 0.419. The minimum Gasteiger partial charge on any atom is -0.448 e. The van der Waals surface area contributed by atoms with Gasteiger partial charge in [0.2, 0.25) is 0 Å². The third-order valence-electron chi connectivity index (χ3n) is 5.20. The summed E-state index contributed by atoms with van der Waals surface area (Å²) in [6.45, 7) is 9.23. The van der Waals surface area contributed by atoms with E-state index in [0.29, 0.717) is 13.2 Å². The fourth-order valence-corrected chi connectivity index (χ4v) is 5.46. The second kappa shape index (κ2) is 11.3. The molecule has 1 aliphatic rings. The number of aromatic amines is 1. The van der Waals surface area contributed by atoms with Gasteiger partial charge in [-0.3, -0.25) is 4.90 Å². The van der Waals surface area contributed by atoms with Gasteiger partial charge in [0.1, 0.15) is 6.61 Å². The van der Waals surface area contributed by atoms with E-state index in [2.05, 4.69) is 46.2 Å². The van der Waals surface area contributed by atoms with Crippen LogP contribution in [0.1, 0.15) is 25.0 Å². The van der Waals surface area contributed by atoms with Crippen molar-refractivity contribution in [3.8, 4) is 0 Å². The number of ether oxygens (including phenoxy) is 2. The van der Waals surface area contributed by atoms with Crippen LogP contribution in [-0.4, -0.2) is 58.6 Å². The predicted octanol–water partition coefficient (Wildman–Crippen LogP) is 4.84. The van der Waals surface area contributed by atoms with Gasteiger partial charge in [-0.1, -0.05) is 47.2 Å². The number of alkyl carbamates (subject to hydrolysis) is 1. The van der Waals surface area contributed by atoms with E-state index in [9.17, 15) is 4.79 Å². The van der Waals surface area contributed by atoms with Gasteiger partial charge in [-0.2, -0.15) is 0 Å². The van der Waals surface area contributed by atoms with Gasteiger partial charge in [0.25, 0.3) is 0 Å². The summed E-state index contributed by atoms with van der Waals surface area (Å²) in [6.07, 6.45) is -0.406. The number of morpholine rings is 1. The molecule has 2 N–H and O–H groups in total. The zero-order valence-corrected chi connectivity index (χ0v) is 20.6. The maximum absolute atomic E-state index is 12.3. The molecular formula is C24H30N4O3S2. The summed E-state index contributed by atoms with van der Waals surface area (Å²) >= 11 is 0. The molecule has 1 aromatic heterocycles. The maximum Gasteiger partial charge on any atom is 0.407 e. The van der Waals surface area contributed by atoms with E-state index in [1.807, 2.05) is 36.4 Å². The number of aromatic nitrogens is 2. The van der Waals surface area contributed by atoms with Crippen molar-refractivity contribution >= 4 is 38.7 Å². The standard InChI is InChI=1S/C24H30N4O3S2/c1-24(2,33-32-22-26-20-8-3-4-9-21(20)27-22)17-31-23(29)25-15-18-6-5-7-19(14-18)16-28-10-12-30-13-11-28/h3-9,14H,10-13,15-17H2,1-2H3,(H,25,29)(H,26,27). The van der Waals surface area contributed by atoms with Crippen LogP contribution >= 0.6 is 21.6 Å². The van der Waals surface area contributed by atoms with Gasteiger partial charge in [0, 0.05) is 26.2 Å². The molecule has 7 nitrogen and oxygen atoms in total. The number of H-pyrrole nitrogens is 1. The Morgan fingerprint density at radius 1 is 1.18 bits per heavy atom. The number of nitrogens with one attached hydrogen (secondary N) is 2. The Bertz CT molecular complexity index is 1030. The van der Waals surface area contributed by atoms with Crippen molar-refractivity contribution in [2.45, 2.75) is 36.8 Å². The third-order valence-corrected chi connectivity index (χ3v) is 8.28. The molecule has 1 fully saturated rings. The van der Waals surface area contributed by atoms with E-state index >= 15 is 0 Å².